The predicted octanol–water partition coefficient (Wildman–Crippen LogP) is 2.90. The second kappa shape index (κ2) is 7.31. The number of hydrogen-bond donors (Lipinski definition) is 1. The van der Waals surface area contributed by atoms with Gasteiger partial charge in [-0.05, 0) is 19.1 Å². The van der Waals surface area contributed by atoms with Crippen LogP contribution in [0, 0.1) is 6.92 Å². The van der Waals surface area contributed by atoms with Crippen molar-refractivity contribution in [1.82, 2.24) is 10.3 Å². The van der Waals surface area contributed by atoms with Crippen LogP contribution in [-0.4, -0.2) is 23.2 Å². The highest BCUT2D eigenvalue weighted by Gasteiger charge is 2.05. The summed E-state index contributed by atoms with van der Waals surface area (Å²) in [7, 11) is 0. The van der Waals surface area contributed by atoms with E-state index in [1.54, 1.807) is 23.1 Å². The van der Waals surface area contributed by atoms with Crippen molar-refractivity contribution in [1.29, 1.82) is 0 Å². The van der Waals surface area contributed by atoms with E-state index < -0.39 is 0 Å². The van der Waals surface area contributed by atoms with Crippen LogP contribution in [0.3, 0.4) is 0 Å². The molecule has 2 aromatic rings. The van der Waals surface area contributed by atoms with Crippen LogP contribution in [0.4, 0.5) is 0 Å². The highest BCUT2D eigenvalue weighted by atomic mass is 32.2. The van der Waals surface area contributed by atoms with Gasteiger partial charge in [-0.2, -0.15) is 0 Å². The smallest absolute Gasteiger partial charge is 0.226 e. The molecule has 0 aliphatic heterocycles. The molecule has 0 aliphatic rings. The standard InChI is InChI=1S/C14H16N2OS2/c1-11-16-12(10-19-11)9-14(17)15-7-8-18-13-5-3-2-4-6-13/h2-6,10H,7-9H2,1H3,(H,15,17). The van der Waals surface area contributed by atoms with Gasteiger partial charge in [0.2, 0.25) is 5.91 Å². The van der Waals surface area contributed by atoms with Crippen molar-refractivity contribution in [3.63, 3.8) is 0 Å². The maximum Gasteiger partial charge on any atom is 0.226 e. The highest BCUT2D eigenvalue weighted by molar-refractivity contribution is 7.99. The third-order valence-electron chi connectivity index (χ3n) is 2.44. The first-order valence-electron chi connectivity index (χ1n) is 6.09. The Hall–Kier alpha value is -1.33. The Kier molecular flexibility index (Phi) is 5.42. The van der Waals surface area contributed by atoms with Crippen LogP contribution in [0.15, 0.2) is 40.6 Å². The first-order chi connectivity index (χ1) is 9.24. The fraction of sp³-hybridized carbons (Fsp3) is 0.286. The minimum Gasteiger partial charge on any atom is -0.355 e. The Morgan fingerprint density at radius 3 is 2.84 bits per heavy atom. The molecule has 0 atom stereocenters. The normalized spacial score (nSPS) is 10.4. The minimum absolute atomic E-state index is 0.0407. The van der Waals surface area contributed by atoms with Gasteiger partial charge < -0.3 is 5.32 Å². The van der Waals surface area contributed by atoms with Gasteiger partial charge in [-0.15, -0.1) is 23.1 Å². The van der Waals surface area contributed by atoms with E-state index in [4.69, 9.17) is 0 Å². The molecule has 3 nitrogen and oxygen atoms in total. The summed E-state index contributed by atoms with van der Waals surface area (Å²) in [6, 6.07) is 10.2. The van der Waals surface area contributed by atoms with Crippen molar-refractivity contribution in [3.05, 3.63) is 46.4 Å². The molecule has 1 heterocycles. The number of thioether (sulfide) groups is 1. The zero-order valence-corrected chi connectivity index (χ0v) is 12.4. The number of aromatic nitrogens is 1. The number of thiazole rings is 1. The van der Waals surface area contributed by atoms with Crippen molar-refractivity contribution in [2.45, 2.75) is 18.2 Å². The summed E-state index contributed by atoms with van der Waals surface area (Å²) in [5.74, 6) is 0.922. The molecule has 2 rings (SSSR count). The summed E-state index contributed by atoms with van der Waals surface area (Å²) in [5, 5.41) is 5.86. The molecule has 1 aromatic carbocycles. The molecule has 1 aromatic heterocycles. The molecular weight excluding hydrogens is 276 g/mol. The highest BCUT2D eigenvalue weighted by Crippen LogP contribution is 2.15. The van der Waals surface area contributed by atoms with Crippen molar-refractivity contribution in [2.24, 2.45) is 0 Å². The second-order valence-electron chi connectivity index (χ2n) is 4.05. The van der Waals surface area contributed by atoms with Crippen LogP contribution in [0.2, 0.25) is 0 Å². The van der Waals surface area contributed by atoms with E-state index in [0.29, 0.717) is 13.0 Å². The number of nitrogens with zero attached hydrogens (tertiary/aromatic N) is 1. The summed E-state index contributed by atoms with van der Waals surface area (Å²) >= 11 is 3.32. The molecule has 0 unspecified atom stereocenters. The quantitative estimate of drug-likeness (QED) is 0.657. The Balaban J connectivity index is 1.64. The molecule has 0 bridgehead atoms. The van der Waals surface area contributed by atoms with E-state index in [0.717, 1.165) is 16.5 Å². The molecule has 1 N–H and O–H groups in total. The van der Waals surface area contributed by atoms with Gasteiger partial charge in [-0.3, -0.25) is 4.79 Å². The largest absolute Gasteiger partial charge is 0.355 e. The van der Waals surface area contributed by atoms with Crippen molar-refractivity contribution >= 4 is 29.0 Å². The van der Waals surface area contributed by atoms with E-state index >= 15 is 0 Å². The maximum absolute atomic E-state index is 11.7. The van der Waals surface area contributed by atoms with Crippen LogP contribution in [0.25, 0.3) is 0 Å². The summed E-state index contributed by atoms with van der Waals surface area (Å²) < 4.78 is 0. The van der Waals surface area contributed by atoms with E-state index in [9.17, 15) is 4.79 Å². The number of benzene rings is 1. The lowest BCUT2D eigenvalue weighted by Crippen LogP contribution is -2.27. The van der Waals surface area contributed by atoms with Gasteiger partial charge in [0.05, 0.1) is 17.1 Å². The first kappa shape index (κ1) is 14.1. The number of rotatable bonds is 6. The van der Waals surface area contributed by atoms with Crippen molar-refractivity contribution < 1.29 is 4.79 Å². The van der Waals surface area contributed by atoms with E-state index in [-0.39, 0.29) is 5.91 Å². The van der Waals surface area contributed by atoms with Gasteiger partial charge in [0.15, 0.2) is 0 Å². The SMILES string of the molecule is Cc1nc(CC(=O)NCCSc2ccccc2)cs1. The van der Waals surface area contributed by atoms with Crippen LogP contribution in [0.5, 0.6) is 0 Å². The average Bonchev–Trinajstić information content (AvgIpc) is 2.81. The third-order valence-corrected chi connectivity index (χ3v) is 4.28. The lowest BCUT2D eigenvalue weighted by molar-refractivity contribution is -0.120. The maximum atomic E-state index is 11.7. The summed E-state index contributed by atoms with van der Waals surface area (Å²) in [4.78, 5) is 17.2. The number of carbonyl (C=O) groups excluding carboxylic acids is 1. The third kappa shape index (κ3) is 5.04. The monoisotopic (exact) mass is 292 g/mol. The van der Waals surface area contributed by atoms with Gasteiger partial charge >= 0.3 is 0 Å². The van der Waals surface area contributed by atoms with Gasteiger partial charge in [0.1, 0.15) is 0 Å². The molecule has 1 amide bonds. The van der Waals surface area contributed by atoms with Gasteiger partial charge in [0.25, 0.3) is 0 Å². The second-order valence-corrected chi connectivity index (χ2v) is 6.28. The molecule has 19 heavy (non-hydrogen) atoms. The topological polar surface area (TPSA) is 42.0 Å². The van der Waals surface area contributed by atoms with E-state index in [1.165, 1.54) is 4.90 Å². The Bertz CT molecular complexity index is 525. The van der Waals surface area contributed by atoms with E-state index in [2.05, 4.69) is 22.4 Å². The molecule has 0 aliphatic carbocycles. The molecule has 100 valence electrons. The zero-order chi connectivity index (χ0) is 13.5. The molecule has 0 spiro atoms. The fourth-order valence-electron chi connectivity index (χ4n) is 1.59. The molecule has 5 heteroatoms. The zero-order valence-electron chi connectivity index (χ0n) is 10.8. The summed E-state index contributed by atoms with van der Waals surface area (Å²) in [6.07, 6.45) is 0.375. The Morgan fingerprint density at radius 1 is 1.37 bits per heavy atom. The predicted molar refractivity (Wildman–Crippen MR) is 80.7 cm³/mol. The van der Waals surface area contributed by atoms with Crippen LogP contribution in [0.1, 0.15) is 10.7 Å². The molecular formula is C14H16N2OS2. The van der Waals surface area contributed by atoms with Crippen LogP contribution in [-0.2, 0) is 11.2 Å². The molecule has 0 radical (unpaired) electrons. The van der Waals surface area contributed by atoms with E-state index in [1.807, 2.05) is 30.5 Å². The molecule has 0 saturated heterocycles. The lowest BCUT2D eigenvalue weighted by atomic mass is 10.3. The number of hydrogen-bond acceptors (Lipinski definition) is 4. The summed E-state index contributed by atoms with van der Waals surface area (Å²) in [6.45, 7) is 2.63. The van der Waals surface area contributed by atoms with Gasteiger partial charge in [0, 0.05) is 22.6 Å². The number of nitrogens with one attached hydrogen (secondary N) is 1. The van der Waals surface area contributed by atoms with Crippen molar-refractivity contribution in [3.8, 4) is 0 Å². The van der Waals surface area contributed by atoms with Crippen LogP contribution >= 0.6 is 23.1 Å². The van der Waals surface area contributed by atoms with Gasteiger partial charge in [-0.25, -0.2) is 4.98 Å². The van der Waals surface area contributed by atoms with Gasteiger partial charge in [-0.1, -0.05) is 18.2 Å². The Morgan fingerprint density at radius 2 is 2.16 bits per heavy atom. The van der Waals surface area contributed by atoms with Crippen LogP contribution < -0.4 is 5.32 Å². The fourth-order valence-corrected chi connectivity index (χ4v) is 2.99. The lowest BCUT2D eigenvalue weighted by Gasteiger charge is -2.04. The summed E-state index contributed by atoms with van der Waals surface area (Å²) in [5.41, 5.74) is 0.857. The Labute approximate surface area is 121 Å². The van der Waals surface area contributed by atoms with Crippen molar-refractivity contribution in [2.75, 3.05) is 12.3 Å². The number of amides is 1. The molecule has 0 saturated carbocycles. The molecule has 0 fully saturated rings. The number of carbonyl (C=O) groups is 1. The minimum atomic E-state index is 0.0407. The first-order valence-corrected chi connectivity index (χ1v) is 7.96. The number of aryl methyl sites for hydroxylation is 1. The average molecular weight is 292 g/mol.